The fraction of sp³-hybridized carbons (Fsp3) is 0.571. The molecule has 1 aromatic rings. The third-order valence-electron chi connectivity index (χ3n) is 2.90. The molecule has 0 amide bonds. The first-order valence-electron chi connectivity index (χ1n) is 6.22. The van der Waals surface area contributed by atoms with Gasteiger partial charge in [0.1, 0.15) is 12.4 Å². The molecule has 104 valence electrons. The summed E-state index contributed by atoms with van der Waals surface area (Å²) >= 11 is 0. The second-order valence-corrected chi connectivity index (χ2v) is 4.31. The highest BCUT2D eigenvalue weighted by molar-refractivity contribution is 5.85. The van der Waals surface area contributed by atoms with Gasteiger partial charge >= 0.3 is 0 Å². The molecule has 2 N–H and O–H groups in total. The zero-order chi connectivity index (χ0) is 12.7. The number of aliphatic hydroxyl groups excluding tert-OH is 1. The van der Waals surface area contributed by atoms with Crippen molar-refractivity contribution in [1.82, 2.24) is 5.32 Å². The molecule has 1 atom stereocenters. The number of halogens is 1. The predicted octanol–water partition coefficient (Wildman–Crippen LogP) is 2.46. The maximum absolute atomic E-state index is 9.03. The van der Waals surface area contributed by atoms with Crippen LogP contribution in [0.15, 0.2) is 18.2 Å². The lowest BCUT2D eigenvalue weighted by atomic mass is 10.1. The van der Waals surface area contributed by atoms with Crippen LogP contribution >= 0.6 is 12.4 Å². The number of nitrogens with one attached hydrogen (secondary N) is 1. The quantitative estimate of drug-likeness (QED) is 0.750. The van der Waals surface area contributed by atoms with E-state index >= 15 is 0 Å². The van der Waals surface area contributed by atoms with Gasteiger partial charge in [0.05, 0.1) is 6.61 Å². The van der Waals surface area contributed by atoms with Crippen molar-refractivity contribution in [3.63, 3.8) is 0 Å². The van der Waals surface area contributed by atoms with Crippen LogP contribution in [0.2, 0.25) is 0 Å². The van der Waals surface area contributed by atoms with Crippen molar-refractivity contribution >= 4 is 12.4 Å². The molecule has 1 rings (SSSR count). The van der Waals surface area contributed by atoms with E-state index in [2.05, 4.69) is 38.2 Å². The Morgan fingerprint density at radius 1 is 1.28 bits per heavy atom. The molecular formula is C14H24ClNO2. The molecule has 0 saturated carbocycles. The van der Waals surface area contributed by atoms with Crippen LogP contribution in [0.4, 0.5) is 0 Å². The third kappa shape index (κ3) is 5.25. The van der Waals surface area contributed by atoms with E-state index in [1.807, 2.05) is 6.07 Å². The second kappa shape index (κ2) is 9.20. The van der Waals surface area contributed by atoms with Gasteiger partial charge < -0.3 is 15.2 Å². The number of hydrogen-bond acceptors (Lipinski definition) is 3. The number of hydrogen-bond donors (Lipinski definition) is 2. The molecule has 4 heteroatoms. The number of para-hydroxylation sites is 1. The molecule has 0 fully saturated rings. The van der Waals surface area contributed by atoms with E-state index < -0.39 is 0 Å². The van der Waals surface area contributed by atoms with Crippen LogP contribution in [-0.2, 0) is 0 Å². The first-order chi connectivity index (χ1) is 8.19. The highest BCUT2D eigenvalue weighted by atomic mass is 35.5. The topological polar surface area (TPSA) is 41.5 Å². The van der Waals surface area contributed by atoms with Crippen molar-refractivity contribution in [3.8, 4) is 5.75 Å². The average molecular weight is 274 g/mol. The normalized spacial score (nSPS) is 11.8. The molecule has 0 heterocycles. The molecule has 0 aromatic heterocycles. The van der Waals surface area contributed by atoms with Crippen LogP contribution in [0.1, 0.15) is 24.5 Å². The summed E-state index contributed by atoms with van der Waals surface area (Å²) in [5.41, 5.74) is 2.33. The van der Waals surface area contributed by atoms with Crippen LogP contribution in [-0.4, -0.2) is 30.9 Å². The maximum Gasteiger partial charge on any atom is 0.125 e. The van der Waals surface area contributed by atoms with Gasteiger partial charge in [-0.3, -0.25) is 0 Å². The van der Waals surface area contributed by atoms with E-state index in [1.54, 1.807) is 0 Å². The lowest BCUT2D eigenvalue weighted by Crippen LogP contribution is -2.34. The minimum atomic E-state index is 0. The molecule has 0 unspecified atom stereocenters. The molecule has 0 spiro atoms. The number of aliphatic hydroxyl groups is 1. The number of rotatable bonds is 7. The molecule has 0 aliphatic heterocycles. The molecule has 0 saturated heterocycles. The van der Waals surface area contributed by atoms with Gasteiger partial charge in [0.15, 0.2) is 0 Å². The van der Waals surface area contributed by atoms with Crippen molar-refractivity contribution < 1.29 is 9.84 Å². The van der Waals surface area contributed by atoms with Crippen molar-refractivity contribution in [2.75, 3.05) is 19.8 Å². The number of ether oxygens (including phenoxy) is 1. The lowest BCUT2D eigenvalue weighted by molar-refractivity contribution is 0.227. The summed E-state index contributed by atoms with van der Waals surface area (Å²) in [5.74, 6) is 0.978. The first-order valence-corrected chi connectivity index (χ1v) is 6.22. The van der Waals surface area contributed by atoms with Crippen LogP contribution < -0.4 is 10.1 Å². The summed E-state index contributed by atoms with van der Waals surface area (Å²) in [6.45, 7) is 7.73. The summed E-state index contributed by atoms with van der Waals surface area (Å²) in [6, 6.07) is 6.32. The molecule has 0 bridgehead atoms. The highest BCUT2D eigenvalue weighted by Gasteiger charge is 2.04. The van der Waals surface area contributed by atoms with Crippen molar-refractivity contribution in [3.05, 3.63) is 29.3 Å². The molecule has 18 heavy (non-hydrogen) atoms. The second-order valence-electron chi connectivity index (χ2n) is 4.31. The molecule has 0 radical (unpaired) electrons. The largest absolute Gasteiger partial charge is 0.492 e. The van der Waals surface area contributed by atoms with Crippen molar-refractivity contribution in [1.29, 1.82) is 0 Å². The smallest absolute Gasteiger partial charge is 0.125 e. The first kappa shape index (κ1) is 17.2. The molecule has 1 aromatic carbocycles. The fourth-order valence-corrected chi connectivity index (χ4v) is 1.78. The van der Waals surface area contributed by atoms with Gasteiger partial charge in [0.2, 0.25) is 0 Å². The van der Waals surface area contributed by atoms with E-state index in [-0.39, 0.29) is 25.1 Å². The molecule has 0 aliphatic rings. The maximum atomic E-state index is 9.03. The van der Waals surface area contributed by atoms with Gasteiger partial charge in [-0.25, -0.2) is 0 Å². The number of benzene rings is 1. The lowest BCUT2D eigenvalue weighted by Gasteiger charge is -2.16. The Morgan fingerprint density at radius 3 is 2.39 bits per heavy atom. The Labute approximate surface area is 116 Å². The van der Waals surface area contributed by atoms with E-state index in [0.717, 1.165) is 18.7 Å². The van der Waals surface area contributed by atoms with Crippen molar-refractivity contribution in [2.45, 2.75) is 33.2 Å². The van der Waals surface area contributed by atoms with Gasteiger partial charge in [-0.1, -0.05) is 25.1 Å². The van der Waals surface area contributed by atoms with Crippen LogP contribution in [0.3, 0.4) is 0 Å². The molecule has 0 aliphatic carbocycles. The summed E-state index contributed by atoms with van der Waals surface area (Å²) in [4.78, 5) is 0. The minimum Gasteiger partial charge on any atom is -0.492 e. The predicted molar refractivity (Wildman–Crippen MR) is 77.8 cm³/mol. The summed E-state index contributed by atoms with van der Waals surface area (Å²) < 4.78 is 5.76. The van der Waals surface area contributed by atoms with E-state index in [0.29, 0.717) is 6.61 Å². The monoisotopic (exact) mass is 273 g/mol. The fourth-order valence-electron chi connectivity index (χ4n) is 1.78. The average Bonchev–Trinajstić information content (AvgIpc) is 2.32. The van der Waals surface area contributed by atoms with Gasteiger partial charge in [-0.2, -0.15) is 0 Å². The van der Waals surface area contributed by atoms with E-state index in [9.17, 15) is 0 Å². The Bertz CT molecular complexity index is 320. The Morgan fingerprint density at radius 2 is 1.89 bits per heavy atom. The summed E-state index contributed by atoms with van der Waals surface area (Å²) in [6.07, 6.45) is 0.930. The zero-order valence-electron chi connectivity index (χ0n) is 11.4. The Hall–Kier alpha value is -0.770. The Balaban J connectivity index is 0.00000289. The third-order valence-corrected chi connectivity index (χ3v) is 2.90. The number of aryl methyl sites for hydroxylation is 2. The SMILES string of the molecule is CC[C@H](CO)NCCOc1c(C)cccc1C.Cl. The Kier molecular flexibility index (Phi) is 8.81. The van der Waals surface area contributed by atoms with Crippen LogP contribution in [0.25, 0.3) is 0 Å². The van der Waals surface area contributed by atoms with Gasteiger partial charge in [-0.15, -0.1) is 12.4 Å². The van der Waals surface area contributed by atoms with E-state index in [1.165, 1.54) is 11.1 Å². The molecule has 3 nitrogen and oxygen atoms in total. The zero-order valence-corrected chi connectivity index (χ0v) is 12.2. The highest BCUT2D eigenvalue weighted by Crippen LogP contribution is 2.21. The molecular weight excluding hydrogens is 250 g/mol. The van der Waals surface area contributed by atoms with Gasteiger partial charge in [-0.05, 0) is 31.4 Å². The van der Waals surface area contributed by atoms with Gasteiger partial charge in [0.25, 0.3) is 0 Å². The van der Waals surface area contributed by atoms with Crippen LogP contribution in [0.5, 0.6) is 5.75 Å². The summed E-state index contributed by atoms with van der Waals surface area (Å²) in [7, 11) is 0. The van der Waals surface area contributed by atoms with Crippen LogP contribution in [0, 0.1) is 13.8 Å². The van der Waals surface area contributed by atoms with Gasteiger partial charge in [0, 0.05) is 12.6 Å². The minimum absolute atomic E-state index is 0. The summed E-state index contributed by atoms with van der Waals surface area (Å²) in [5, 5.41) is 12.3. The van der Waals surface area contributed by atoms with E-state index in [4.69, 9.17) is 9.84 Å². The van der Waals surface area contributed by atoms with Crippen molar-refractivity contribution in [2.24, 2.45) is 0 Å². The standard InChI is InChI=1S/C14H23NO2.ClH/c1-4-13(10-16)15-8-9-17-14-11(2)6-5-7-12(14)3;/h5-7,13,15-16H,4,8-10H2,1-3H3;1H/t13-;/m1./s1.